The maximum atomic E-state index is 10.4. The smallest absolute Gasteiger partial charge is 0.0594 e. The Balaban J connectivity index is 1.75. The van der Waals surface area contributed by atoms with Gasteiger partial charge in [0, 0.05) is 0 Å². The second-order valence-electron chi connectivity index (χ2n) is 6.90. The van der Waals surface area contributed by atoms with Crippen LogP contribution in [0.5, 0.6) is 0 Å². The number of rotatable bonds is 3. The zero-order valence-electron chi connectivity index (χ0n) is 13.1. The van der Waals surface area contributed by atoms with E-state index in [4.69, 9.17) is 0 Å². The van der Waals surface area contributed by atoms with Gasteiger partial charge >= 0.3 is 0 Å². The van der Waals surface area contributed by atoms with Crippen LogP contribution in [0.4, 0.5) is 0 Å². The normalized spacial score (nSPS) is 27.7. The van der Waals surface area contributed by atoms with Crippen LogP contribution in [-0.2, 0) is 0 Å². The van der Waals surface area contributed by atoms with Crippen molar-refractivity contribution in [3.8, 4) is 0 Å². The molecule has 1 fully saturated rings. The molecule has 0 radical (unpaired) electrons. The fourth-order valence-electron chi connectivity index (χ4n) is 3.87. The fourth-order valence-corrected chi connectivity index (χ4v) is 3.87. The van der Waals surface area contributed by atoms with Crippen LogP contribution in [0.2, 0.25) is 0 Å². The first-order chi connectivity index (χ1) is 10.1. The highest BCUT2D eigenvalue weighted by Gasteiger charge is 2.30. The van der Waals surface area contributed by atoms with Gasteiger partial charge in [0.15, 0.2) is 0 Å². The van der Waals surface area contributed by atoms with E-state index in [0.29, 0.717) is 17.8 Å². The van der Waals surface area contributed by atoms with Gasteiger partial charge < -0.3 is 5.11 Å². The molecule has 1 nitrogen and oxygen atoms in total. The number of aliphatic hydroxyl groups is 1. The molecule has 1 heteroatoms. The van der Waals surface area contributed by atoms with Gasteiger partial charge in [0.05, 0.1) is 6.10 Å². The third-order valence-corrected chi connectivity index (χ3v) is 5.30. The van der Waals surface area contributed by atoms with E-state index in [1.165, 1.54) is 35.6 Å². The van der Waals surface area contributed by atoms with Gasteiger partial charge in [0.1, 0.15) is 0 Å². The molecule has 4 unspecified atom stereocenters. The van der Waals surface area contributed by atoms with Gasteiger partial charge in [-0.1, -0.05) is 62.7 Å². The minimum absolute atomic E-state index is 0.110. The summed E-state index contributed by atoms with van der Waals surface area (Å²) < 4.78 is 0. The molecule has 21 heavy (non-hydrogen) atoms. The summed E-state index contributed by atoms with van der Waals surface area (Å²) in [5.74, 6) is 1.45. The van der Waals surface area contributed by atoms with E-state index in [2.05, 4.69) is 56.3 Å². The van der Waals surface area contributed by atoms with Crippen LogP contribution in [0.3, 0.4) is 0 Å². The van der Waals surface area contributed by atoms with Crippen LogP contribution in [0, 0.1) is 11.8 Å². The standard InChI is InChI=1S/C20H26O/c1-14-6-5-9-19(20(14)21)12-15(2)17-11-10-16-7-3-4-8-18(16)13-17/h3-4,7-8,10-11,13-15,19-21H,5-6,9,12H2,1-2H3. The fraction of sp³-hybridized carbons (Fsp3) is 0.500. The topological polar surface area (TPSA) is 20.2 Å². The highest BCUT2D eigenvalue weighted by Crippen LogP contribution is 2.36. The van der Waals surface area contributed by atoms with E-state index in [1.54, 1.807) is 0 Å². The van der Waals surface area contributed by atoms with E-state index in [0.717, 1.165) is 6.42 Å². The average molecular weight is 282 g/mol. The van der Waals surface area contributed by atoms with Gasteiger partial charge in [0.2, 0.25) is 0 Å². The van der Waals surface area contributed by atoms with Crippen LogP contribution in [0.1, 0.15) is 51.0 Å². The molecule has 0 saturated heterocycles. The number of aliphatic hydroxyl groups excluding tert-OH is 1. The lowest BCUT2D eigenvalue weighted by molar-refractivity contribution is 0.0191. The molecule has 0 amide bonds. The number of hydrogen-bond acceptors (Lipinski definition) is 1. The Kier molecular flexibility index (Phi) is 4.30. The summed E-state index contributed by atoms with van der Waals surface area (Å²) in [6, 6.07) is 15.3. The number of fused-ring (bicyclic) bond motifs is 1. The van der Waals surface area contributed by atoms with Crippen LogP contribution >= 0.6 is 0 Å². The summed E-state index contributed by atoms with van der Waals surface area (Å²) in [5.41, 5.74) is 1.40. The van der Waals surface area contributed by atoms with Crippen molar-refractivity contribution in [2.24, 2.45) is 11.8 Å². The van der Waals surface area contributed by atoms with Crippen molar-refractivity contribution in [2.75, 3.05) is 0 Å². The molecule has 1 aliphatic carbocycles. The molecule has 0 aromatic heterocycles. The molecule has 2 aromatic carbocycles. The summed E-state index contributed by atoms with van der Waals surface area (Å²) >= 11 is 0. The van der Waals surface area contributed by atoms with Gasteiger partial charge in [-0.05, 0) is 53.4 Å². The number of hydrogen-bond donors (Lipinski definition) is 1. The van der Waals surface area contributed by atoms with Crippen molar-refractivity contribution in [3.05, 3.63) is 48.0 Å². The maximum absolute atomic E-state index is 10.4. The monoisotopic (exact) mass is 282 g/mol. The Morgan fingerprint density at radius 1 is 1.10 bits per heavy atom. The molecule has 112 valence electrons. The van der Waals surface area contributed by atoms with Gasteiger partial charge in [-0.3, -0.25) is 0 Å². The molecule has 1 aliphatic rings. The lowest BCUT2D eigenvalue weighted by atomic mass is 9.75. The van der Waals surface area contributed by atoms with Gasteiger partial charge in [-0.2, -0.15) is 0 Å². The molecular formula is C20H26O. The summed E-state index contributed by atoms with van der Waals surface area (Å²) in [6.07, 6.45) is 4.63. The molecule has 2 aromatic rings. The van der Waals surface area contributed by atoms with Crippen molar-refractivity contribution in [2.45, 2.75) is 51.6 Å². The Bertz CT molecular complexity index is 604. The maximum Gasteiger partial charge on any atom is 0.0594 e. The minimum Gasteiger partial charge on any atom is -0.393 e. The minimum atomic E-state index is -0.110. The number of benzene rings is 2. The third-order valence-electron chi connectivity index (χ3n) is 5.30. The summed E-state index contributed by atoms with van der Waals surface area (Å²) in [4.78, 5) is 0. The molecule has 0 aliphatic heterocycles. The van der Waals surface area contributed by atoms with Crippen LogP contribution in [0.25, 0.3) is 10.8 Å². The Morgan fingerprint density at radius 2 is 1.86 bits per heavy atom. The van der Waals surface area contributed by atoms with Crippen LogP contribution in [-0.4, -0.2) is 11.2 Å². The molecule has 1 N–H and O–H groups in total. The zero-order valence-corrected chi connectivity index (χ0v) is 13.1. The largest absolute Gasteiger partial charge is 0.393 e. The first kappa shape index (κ1) is 14.6. The second-order valence-corrected chi connectivity index (χ2v) is 6.90. The van der Waals surface area contributed by atoms with Crippen LogP contribution in [0.15, 0.2) is 42.5 Å². The van der Waals surface area contributed by atoms with E-state index in [1.807, 2.05) is 0 Å². The molecule has 1 saturated carbocycles. The molecule has 0 bridgehead atoms. The first-order valence-electron chi connectivity index (χ1n) is 8.32. The predicted molar refractivity (Wildman–Crippen MR) is 89.5 cm³/mol. The molecular weight excluding hydrogens is 256 g/mol. The quantitative estimate of drug-likeness (QED) is 0.827. The van der Waals surface area contributed by atoms with Gasteiger partial charge in [0.25, 0.3) is 0 Å². The Labute approximate surface area is 128 Å². The lowest BCUT2D eigenvalue weighted by Gasteiger charge is -2.34. The van der Waals surface area contributed by atoms with E-state index in [9.17, 15) is 5.11 Å². The zero-order chi connectivity index (χ0) is 14.8. The molecule has 0 heterocycles. The van der Waals surface area contributed by atoms with Crippen molar-refractivity contribution in [1.82, 2.24) is 0 Å². The van der Waals surface area contributed by atoms with Gasteiger partial charge in [-0.15, -0.1) is 0 Å². The Morgan fingerprint density at radius 3 is 2.67 bits per heavy atom. The second kappa shape index (κ2) is 6.19. The average Bonchev–Trinajstić information content (AvgIpc) is 2.51. The summed E-state index contributed by atoms with van der Waals surface area (Å²) in [5, 5.41) is 13.0. The van der Waals surface area contributed by atoms with Crippen molar-refractivity contribution in [3.63, 3.8) is 0 Å². The Hall–Kier alpha value is -1.34. The molecule has 0 spiro atoms. The van der Waals surface area contributed by atoms with E-state index < -0.39 is 0 Å². The van der Waals surface area contributed by atoms with Gasteiger partial charge in [-0.25, -0.2) is 0 Å². The predicted octanol–water partition coefficient (Wildman–Crippen LogP) is 5.13. The van der Waals surface area contributed by atoms with Crippen LogP contribution < -0.4 is 0 Å². The highest BCUT2D eigenvalue weighted by molar-refractivity contribution is 5.83. The van der Waals surface area contributed by atoms with Crippen molar-refractivity contribution < 1.29 is 5.11 Å². The summed E-state index contributed by atoms with van der Waals surface area (Å²) in [6.45, 7) is 4.49. The van der Waals surface area contributed by atoms with Crippen molar-refractivity contribution in [1.29, 1.82) is 0 Å². The SMILES string of the molecule is CC(CC1CCCC(C)C1O)c1ccc2ccccc2c1. The molecule has 4 atom stereocenters. The van der Waals surface area contributed by atoms with Crippen molar-refractivity contribution >= 4 is 10.8 Å². The van der Waals surface area contributed by atoms with E-state index in [-0.39, 0.29) is 6.10 Å². The van der Waals surface area contributed by atoms with E-state index >= 15 is 0 Å². The summed E-state index contributed by atoms with van der Waals surface area (Å²) in [7, 11) is 0. The molecule has 3 rings (SSSR count). The highest BCUT2D eigenvalue weighted by atomic mass is 16.3. The lowest BCUT2D eigenvalue weighted by Crippen LogP contribution is -2.32. The first-order valence-corrected chi connectivity index (χ1v) is 8.32. The third kappa shape index (κ3) is 3.13.